The lowest BCUT2D eigenvalue weighted by molar-refractivity contribution is 0.121. The molecule has 4 heterocycles. The highest BCUT2D eigenvalue weighted by Crippen LogP contribution is 2.22. The van der Waals surface area contributed by atoms with Crippen molar-refractivity contribution in [1.82, 2.24) is 24.4 Å². The van der Waals surface area contributed by atoms with E-state index < -0.39 is 0 Å². The molecule has 0 radical (unpaired) electrons. The highest BCUT2D eigenvalue weighted by Gasteiger charge is 2.21. The Bertz CT molecular complexity index is 1000. The van der Waals surface area contributed by atoms with Crippen LogP contribution in [0.5, 0.6) is 5.75 Å². The number of ether oxygens (including phenoxy) is 2. The highest BCUT2D eigenvalue weighted by atomic mass is 16.5. The van der Waals surface area contributed by atoms with Crippen molar-refractivity contribution in [2.24, 2.45) is 5.92 Å². The first-order valence-electron chi connectivity index (χ1n) is 11.9. The first-order valence-corrected chi connectivity index (χ1v) is 11.9. The Morgan fingerprint density at radius 1 is 1.03 bits per heavy atom. The topological polar surface area (TPSA) is 55.1 Å². The van der Waals surface area contributed by atoms with E-state index in [4.69, 9.17) is 14.6 Å². The minimum absolute atomic E-state index is 0.411. The van der Waals surface area contributed by atoms with Crippen LogP contribution in [0.15, 0.2) is 48.8 Å². The van der Waals surface area contributed by atoms with Gasteiger partial charge in [-0.25, -0.2) is 9.50 Å². The summed E-state index contributed by atoms with van der Waals surface area (Å²) < 4.78 is 14.0. The summed E-state index contributed by atoms with van der Waals surface area (Å²) in [4.78, 5) is 9.28. The van der Waals surface area contributed by atoms with Gasteiger partial charge in [0.25, 0.3) is 0 Å². The molecule has 0 saturated carbocycles. The van der Waals surface area contributed by atoms with E-state index >= 15 is 0 Å². The number of hydrogen-bond acceptors (Lipinski definition) is 6. The first-order chi connectivity index (χ1) is 15.8. The number of imidazole rings is 1. The molecule has 7 heteroatoms. The third-order valence-electron chi connectivity index (χ3n) is 6.46. The van der Waals surface area contributed by atoms with Crippen LogP contribution in [0.1, 0.15) is 24.1 Å². The molecular formula is C25H33N5O2. The Kier molecular flexibility index (Phi) is 6.96. The van der Waals surface area contributed by atoms with Gasteiger partial charge in [0.2, 0.25) is 0 Å². The maximum absolute atomic E-state index is 6.21. The summed E-state index contributed by atoms with van der Waals surface area (Å²) in [6.45, 7) is 8.54. The van der Waals surface area contributed by atoms with Crippen LogP contribution in [0.25, 0.3) is 5.65 Å². The molecule has 2 saturated heterocycles. The average molecular weight is 436 g/mol. The van der Waals surface area contributed by atoms with E-state index in [1.54, 1.807) is 6.20 Å². The summed E-state index contributed by atoms with van der Waals surface area (Å²) in [5.41, 5.74) is 3.22. The minimum atomic E-state index is 0.411. The number of rotatable bonds is 8. The van der Waals surface area contributed by atoms with E-state index in [-0.39, 0.29) is 0 Å². The molecule has 2 aliphatic heterocycles. The smallest absolute Gasteiger partial charge is 0.153 e. The van der Waals surface area contributed by atoms with E-state index in [0.717, 1.165) is 69.5 Å². The van der Waals surface area contributed by atoms with E-state index in [2.05, 4.69) is 45.1 Å². The van der Waals surface area contributed by atoms with Crippen LogP contribution < -0.4 is 4.74 Å². The SMILES string of the molecule is c1ccc(OCCN2CCCC2)c(CN2CCOCC(Cc3ccc4nccn4n3)C2)c1. The zero-order chi connectivity index (χ0) is 21.6. The van der Waals surface area contributed by atoms with Crippen LogP contribution in [0.4, 0.5) is 0 Å². The molecule has 1 atom stereocenters. The van der Waals surface area contributed by atoms with Gasteiger partial charge in [-0.2, -0.15) is 5.10 Å². The maximum atomic E-state index is 6.21. The molecular weight excluding hydrogens is 402 g/mol. The fourth-order valence-electron chi connectivity index (χ4n) is 4.79. The Balaban J connectivity index is 1.19. The number of benzene rings is 1. The van der Waals surface area contributed by atoms with Crippen LogP contribution >= 0.6 is 0 Å². The molecule has 170 valence electrons. The van der Waals surface area contributed by atoms with Gasteiger partial charge < -0.3 is 9.47 Å². The monoisotopic (exact) mass is 435 g/mol. The van der Waals surface area contributed by atoms with E-state index in [1.807, 2.05) is 16.8 Å². The van der Waals surface area contributed by atoms with Crippen LogP contribution in [0, 0.1) is 5.92 Å². The van der Waals surface area contributed by atoms with E-state index in [9.17, 15) is 0 Å². The number of likely N-dealkylation sites (tertiary alicyclic amines) is 1. The van der Waals surface area contributed by atoms with Gasteiger partial charge >= 0.3 is 0 Å². The van der Waals surface area contributed by atoms with Crippen molar-refractivity contribution in [2.75, 3.05) is 52.5 Å². The molecule has 7 nitrogen and oxygen atoms in total. The van der Waals surface area contributed by atoms with Crippen LogP contribution in [-0.2, 0) is 17.7 Å². The summed E-state index contributed by atoms with van der Waals surface area (Å²) >= 11 is 0. The zero-order valence-corrected chi connectivity index (χ0v) is 18.7. The molecule has 0 spiro atoms. The summed E-state index contributed by atoms with van der Waals surface area (Å²) in [6.07, 6.45) is 7.22. The van der Waals surface area contributed by atoms with E-state index in [0.29, 0.717) is 5.92 Å². The third kappa shape index (κ3) is 5.46. The first kappa shape index (κ1) is 21.4. The Labute approximate surface area is 189 Å². The molecule has 2 aromatic heterocycles. The molecule has 2 fully saturated rings. The predicted octanol–water partition coefficient (Wildman–Crippen LogP) is 2.90. The molecule has 0 amide bonds. The molecule has 1 aromatic carbocycles. The van der Waals surface area contributed by atoms with Gasteiger partial charge in [-0.1, -0.05) is 18.2 Å². The maximum Gasteiger partial charge on any atom is 0.153 e. The summed E-state index contributed by atoms with van der Waals surface area (Å²) in [7, 11) is 0. The lowest BCUT2D eigenvalue weighted by atomic mass is 10.0. The van der Waals surface area contributed by atoms with Crippen molar-refractivity contribution in [2.45, 2.75) is 25.8 Å². The van der Waals surface area contributed by atoms with Crippen molar-refractivity contribution in [3.63, 3.8) is 0 Å². The van der Waals surface area contributed by atoms with Crippen molar-refractivity contribution in [3.8, 4) is 5.75 Å². The van der Waals surface area contributed by atoms with Crippen molar-refractivity contribution < 1.29 is 9.47 Å². The van der Waals surface area contributed by atoms with Gasteiger partial charge in [0.05, 0.1) is 18.9 Å². The normalized spacial score (nSPS) is 20.6. The summed E-state index contributed by atoms with van der Waals surface area (Å²) in [5.74, 6) is 1.43. The van der Waals surface area contributed by atoms with Gasteiger partial charge in [0, 0.05) is 50.1 Å². The number of fused-ring (bicyclic) bond motifs is 1. The van der Waals surface area contributed by atoms with Gasteiger partial charge in [0.1, 0.15) is 12.4 Å². The number of hydrogen-bond donors (Lipinski definition) is 0. The molecule has 0 aliphatic carbocycles. The fraction of sp³-hybridized carbons (Fsp3) is 0.520. The zero-order valence-electron chi connectivity index (χ0n) is 18.7. The molecule has 32 heavy (non-hydrogen) atoms. The largest absolute Gasteiger partial charge is 0.492 e. The second-order valence-corrected chi connectivity index (χ2v) is 8.94. The molecule has 5 rings (SSSR count). The highest BCUT2D eigenvalue weighted by molar-refractivity contribution is 5.36. The van der Waals surface area contributed by atoms with E-state index in [1.165, 1.54) is 31.5 Å². The quantitative estimate of drug-likeness (QED) is 0.542. The minimum Gasteiger partial charge on any atom is -0.492 e. The Morgan fingerprint density at radius 2 is 1.94 bits per heavy atom. The van der Waals surface area contributed by atoms with Gasteiger partial charge in [-0.15, -0.1) is 0 Å². The van der Waals surface area contributed by atoms with Crippen molar-refractivity contribution in [3.05, 3.63) is 60.0 Å². The molecule has 0 N–H and O–H groups in total. The van der Waals surface area contributed by atoms with Gasteiger partial charge in [-0.05, 0) is 50.6 Å². The van der Waals surface area contributed by atoms with Gasteiger partial charge in [-0.3, -0.25) is 9.80 Å². The molecule has 3 aromatic rings. The standard InChI is InChI=1S/C25H33N5O2/c1-2-6-24(32-16-14-28-10-3-4-11-28)22(5-1)19-29-13-15-31-20-21(18-29)17-23-7-8-25-26-9-12-30(25)27-23/h1-2,5-9,12,21H,3-4,10-11,13-20H2. The summed E-state index contributed by atoms with van der Waals surface area (Å²) in [5, 5.41) is 4.71. The number of aromatic nitrogens is 3. The van der Waals surface area contributed by atoms with Gasteiger partial charge in [0.15, 0.2) is 5.65 Å². The second kappa shape index (κ2) is 10.4. The number of nitrogens with zero attached hydrogens (tertiary/aromatic N) is 5. The second-order valence-electron chi connectivity index (χ2n) is 8.94. The average Bonchev–Trinajstić information content (AvgIpc) is 3.44. The third-order valence-corrected chi connectivity index (χ3v) is 6.46. The Hall–Kier alpha value is -2.48. The van der Waals surface area contributed by atoms with Crippen molar-refractivity contribution >= 4 is 5.65 Å². The van der Waals surface area contributed by atoms with Crippen LogP contribution in [-0.4, -0.2) is 76.9 Å². The lowest BCUT2D eigenvalue weighted by Gasteiger charge is -2.24. The molecule has 2 aliphatic rings. The van der Waals surface area contributed by atoms with Crippen molar-refractivity contribution in [1.29, 1.82) is 0 Å². The summed E-state index contributed by atoms with van der Waals surface area (Å²) in [6, 6.07) is 12.6. The number of para-hydroxylation sites is 1. The fourth-order valence-corrected chi connectivity index (χ4v) is 4.79. The van der Waals surface area contributed by atoms with Crippen LogP contribution in [0.2, 0.25) is 0 Å². The van der Waals surface area contributed by atoms with Crippen LogP contribution in [0.3, 0.4) is 0 Å². The Morgan fingerprint density at radius 3 is 2.88 bits per heavy atom. The predicted molar refractivity (Wildman–Crippen MR) is 124 cm³/mol. The lowest BCUT2D eigenvalue weighted by Crippen LogP contribution is -2.31. The molecule has 1 unspecified atom stereocenters. The molecule has 0 bridgehead atoms.